The minimum atomic E-state index is -0.722. The van der Waals surface area contributed by atoms with E-state index in [1.54, 1.807) is 12.1 Å². The number of nitro benzene ring substituents is 2. The molecule has 2 aromatic carbocycles. The third kappa shape index (κ3) is 8.20. The lowest BCUT2D eigenvalue weighted by molar-refractivity contribution is -0.393. The summed E-state index contributed by atoms with van der Waals surface area (Å²) >= 11 is 0. The van der Waals surface area contributed by atoms with Crippen molar-refractivity contribution in [2.24, 2.45) is 16.1 Å². The quantitative estimate of drug-likeness (QED) is 0.160. The summed E-state index contributed by atoms with van der Waals surface area (Å²) in [5, 5.41) is 30.0. The van der Waals surface area contributed by atoms with Gasteiger partial charge >= 0.3 is 5.69 Å². The molecule has 0 heterocycles. The van der Waals surface area contributed by atoms with Gasteiger partial charge in [0.1, 0.15) is 0 Å². The molecule has 0 aromatic heterocycles. The molecule has 0 amide bonds. The Balaban J connectivity index is 2.00. The van der Waals surface area contributed by atoms with Crippen LogP contribution < -0.4 is 4.90 Å². The molecule has 2 rings (SSSR count). The Morgan fingerprint density at radius 2 is 1.67 bits per heavy atom. The van der Waals surface area contributed by atoms with E-state index in [9.17, 15) is 20.2 Å². The highest BCUT2D eigenvalue weighted by Gasteiger charge is 2.19. The standard InChI is InChI=1S/C22H29N5O6/c1-5-25(12-13-32-17(4)33-15-16(2)3)19-8-6-18(7-9-19)23-24-21-11-10-20(26(28)29)14-22(21)27(30)31/h6-11,14,16-17H,5,12-13,15H2,1-4H3. The number of non-ortho nitro benzene ring substituents is 1. The number of nitro groups is 2. The number of ether oxygens (including phenoxy) is 2. The number of hydrogen-bond donors (Lipinski definition) is 0. The molecule has 178 valence electrons. The van der Waals surface area contributed by atoms with Crippen LogP contribution in [-0.2, 0) is 9.47 Å². The number of nitrogens with zero attached hydrogens (tertiary/aromatic N) is 5. The molecule has 0 aliphatic heterocycles. The molecule has 0 saturated carbocycles. The molecule has 33 heavy (non-hydrogen) atoms. The topological polar surface area (TPSA) is 133 Å². The van der Waals surface area contributed by atoms with Crippen molar-refractivity contribution in [2.45, 2.75) is 34.0 Å². The van der Waals surface area contributed by atoms with Crippen molar-refractivity contribution < 1.29 is 19.3 Å². The van der Waals surface area contributed by atoms with E-state index in [2.05, 4.69) is 29.0 Å². The van der Waals surface area contributed by atoms with Gasteiger partial charge in [-0.05, 0) is 50.1 Å². The average molecular weight is 460 g/mol. The van der Waals surface area contributed by atoms with Gasteiger partial charge in [0.25, 0.3) is 5.69 Å². The van der Waals surface area contributed by atoms with Crippen molar-refractivity contribution in [3.63, 3.8) is 0 Å². The summed E-state index contributed by atoms with van der Waals surface area (Å²) in [4.78, 5) is 22.8. The van der Waals surface area contributed by atoms with Gasteiger partial charge in [0.15, 0.2) is 12.0 Å². The normalized spacial score (nSPS) is 12.3. The fraction of sp³-hybridized carbons (Fsp3) is 0.455. The second kappa shape index (κ2) is 12.6. The van der Waals surface area contributed by atoms with Crippen LogP contribution in [-0.4, -0.2) is 42.4 Å². The van der Waals surface area contributed by atoms with Gasteiger partial charge in [-0.1, -0.05) is 13.8 Å². The SMILES string of the molecule is CCN(CCOC(C)OCC(C)C)c1ccc(N=Nc2ccc([N+](=O)[O-])cc2[N+](=O)[O-])cc1. The maximum atomic E-state index is 11.2. The smallest absolute Gasteiger partial charge is 0.303 e. The summed E-state index contributed by atoms with van der Waals surface area (Å²) < 4.78 is 11.3. The zero-order valence-electron chi connectivity index (χ0n) is 19.2. The molecule has 0 bridgehead atoms. The molecule has 1 atom stereocenters. The molecular weight excluding hydrogens is 430 g/mol. The third-order valence-electron chi connectivity index (χ3n) is 4.61. The lowest BCUT2D eigenvalue weighted by Gasteiger charge is -2.24. The molecule has 1 unspecified atom stereocenters. The Morgan fingerprint density at radius 3 is 2.24 bits per heavy atom. The summed E-state index contributed by atoms with van der Waals surface area (Å²) in [5.74, 6) is 0.449. The van der Waals surface area contributed by atoms with Gasteiger partial charge in [0.05, 0.1) is 34.8 Å². The fourth-order valence-corrected chi connectivity index (χ4v) is 2.87. The number of azo groups is 1. The molecule has 11 heteroatoms. The van der Waals surface area contributed by atoms with Gasteiger partial charge in [-0.25, -0.2) is 0 Å². The maximum Gasteiger partial charge on any atom is 0.303 e. The summed E-state index contributed by atoms with van der Waals surface area (Å²) in [5.41, 5.74) is 0.546. The molecule has 0 fully saturated rings. The first kappa shape index (κ1) is 25.8. The van der Waals surface area contributed by atoms with Crippen LogP contribution in [0.25, 0.3) is 0 Å². The molecule has 0 aliphatic rings. The summed E-state index contributed by atoms with van der Waals surface area (Å²) in [6.45, 7) is 10.7. The minimum absolute atomic E-state index is 0.0594. The van der Waals surface area contributed by atoms with Crippen LogP contribution in [0.1, 0.15) is 27.7 Å². The first-order valence-electron chi connectivity index (χ1n) is 10.6. The van der Waals surface area contributed by atoms with Crippen molar-refractivity contribution in [2.75, 3.05) is 31.2 Å². The van der Waals surface area contributed by atoms with Gasteiger partial charge < -0.3 is 14.4 Å². The van der Waals surface area contributed by atoms with Crippen LogP contribution in [0.15, 0.2) is 52.7 Å². The highest BCUT2D eigenvalue weighted by molar-refractivity contribution is 5.62. The monoisotopic (exact) mass is 459 g/mol. The second-order valence-corrected chi connectivity index (χ2v) is 7.65. The summed E-state index contributed by atoms with van der Waals surface area (Å²) in [6.07, 6.45) is -0.266. The predicted octanol–water partition coefficient (Wildman–Crippen LogP) is 5.78. The van der Waals surface area contributed by atoms with E-state index in [4.69, 9.17) is 9.47 Å². The summed E-state index contributed by atoms with van der Waals surface area (Å²) in [6, 6.07) is 10.5. The van der Waals surface area contributed by atoms with Crippen molar-refractivity contribution in [1.82, 2.24) is 0 Å². The number of rotatable bonds is 13. The Labute approximate surface area is 192 Å². The lowest BCUT2D eigenvalue weighted by atomic mass is 10.2. The van der Waals surface area contributed by atoms with E-state index in [1.807, 2.05) is 26.0 Å². The average Bonchev–Trinajstić information content (AvgIpc) is 2.79. The van der Waals surface area contributed by atoms with Crippen molar-refractivity contribution in [1.29, 1.82) is 0 Å². The molecule has 0 radical (unpaired) electrons. The Kier molecular flexibility index (Phi) is 9.83. The maximum absolute atomic E-state index is 11.2. The van der Waals surface area contributed by atoms with E-state index >= 15 is 0 Å². The second-order valence-electron chi connectivity index (χ2n) is 7.65. The Hall–Kier alpha value is -3.44. The van der Waals surface area contributed by atoms with E-state index in [1.165, 1.54) is 6.07 Å². The van der Waals surface area contributed by atoms with Gasteiger partial charge in [-0.2, -0.15) is 5.11 Å². The van der Waals surface area contributed by atoms with Crippen LogP contribution in [0.4, 0.5) is 28.4 Å². The zero-order chi connectivity index (χ0) is 24.4. The van der Waals surface area contributed by atoms with Gasteiger partial charge in [0, 0.05) is 24.8 Å². The molecule has 0 N–H and O–H groups in total. The van der Waals surface area contributed by atoms with Crippen molar-refractivity contribution >= 4 is 28.4 Å². The minimum Gasteiger partial charge on any atom is -0.369 e. The molecular formula is C22H29N5O6. The van der Waals surface area contributed by atoms with Crippen LogP contribution >= 0.6 is 0 Å². The van der Waals surface area contributed by atoms with Gasteiger partial charge in [0.2, 0.25) is 0 Å². The van der Waals surface area contributed by atoms with Crippen molar-refractivity contribution in [3.05, 3.63) is 62.7 Å². The number of anilines is 1. The van der Waals surface area contributed by atoms with E-state index in [0.717, 1.165) is 24.4 Å². The van der Waals surface area contributed by atoms with E-state index < -0.39 is 15.5 Å². The molecule has 0 saturated heterocycles. The van der Waals surface area contributed by atoms with Crippen LogP contribution in [0.5, 0.6) is 0 Å². The largest absolute Gasteiger partial charge is 0.369 e. The molecule has 11 nitrogen and oxygen atoms in total. The highest BCUT2D eigenvalue weighted by Crippen LogP contribution is 2.32. The first-order valence-corrected chi connectivity index (χ1v) is 10.6. The predicted molar refractivity (Wildman–Crippen MR) is 124 cm³/mol. The van der Waals surface area contributed by atoms with Gasteiger partial charge in [-0.15, -0.1) is 5.11 Å². The number of benzene rings is 2. The summed E-state index contributed by atoms with van der Waals surface area (Å²) in [7, 11) is 0. The van der Waals surface area contributed by atoms with E-state index in [-0.39, 0.29) is 17.7 Å². The third-order valence-corrected chi connectivity index (χ3v) is 4.61. The Morgan fingerprint density at radius 1 is 0.970 bits per heavy atom. The lowest BCUT2D eigenvalue weighted by Crippen LogP contribution is -2.29. The van der Waals surface area contributed by atoms with E-state index in [0.29, 0.717) is 31.4 Å². The van der Waals surface area contributed by atoms with Gasteiger partial charge in [-0.3, -0.25) is 20.2 Å². The zero-order valence-corrected chi connectivity index (χ0v) is 19.2. The number of hydrogen-bond acceptors (Lipinski definition) is 9. The highest BCUT2D eigenvalue weighted by atomic mass is 16.7. The molecule has 0 aliphatic carbocycles. The van der Waals surface area contributed by atoms with Crippen LogP contribution in [0, 0.1) is 26.1 Å². The fourth-order valence-electron chi connectivity index (χ4n) is 2.87. The first-order chi connectivity index (χ1) is 15.7. The molecule has 0 spiro atoms. The number of likely N-dealkylation sites (N-methyl/N-ethyl adjacent to an activating group) is 1. The molecule has 2 aromatic rings. The van der Waals surface area contributed by atoms with Crippen molar-refractivity contribution in [3.8, 4) is 0 Å². The Bertz CT molecular complexity index is 964. The van der Waals surface area contributed by atoms with Crippen LogP contribution in [0.2, 0.25) is 0 Å². The van der Waals surface area contributed by atoms with Crippen LogP contribution in [0.3, 0.4) is 0 Å².